The normalized spacial score (nSPS) is 21.4. The molecule has 278 valence electrons. The summed E-state index contributed by atoms with van der Waals surface area (Å²) >= 11 is 0. The van der Waals surface area contributed by atoms with E-state index in [4.69, 9.17) is 37.9 Å². The van der Waals surface area contributed by atoms with E-state index in [1.165, 1.54) is 0 Å². The van der Waals surface area contributed by atoms with E-state index < -0.39 is 73.1 Å². The minimum Gasteiger partial charge on any atom is -0.438 e. The monoisotopic (exact) mass is 702 g/mol. The number of esters is 6. The van der Waals surface area contributed by atoms with Gasteiger partial charge < -0.3 is 47.4 Å². The summed E-state index contributed by atoms with van der Waals surface area (Å²) < 4.78 is 49.1. The van der Waals surface area contributed by atoms with Crippen LogP contribution in [0.25, 0.3) is 0 Å². The first kappa shape index (κ1) is 43.2. The lowest BCUT2D eigenvalue weighted by molar-refractivity contribution is -0.183. The lowest BCUT2D eigenvalue weighted by Gasteiger charge is -2.31. The molecule has 0 spiro atoms. The van der Waals surface area contributed by atoms with Crippen LogP contribution in [0.4, 0.5) is 0 Å². The third kappa shape index (κ3) is 17.9. The van der Waals surface area contributed by atoms with Crippen LogP contribution in [-0.2, 0) is 76.1 Å². The van der Waals surface area contributed by atoms with Crippen molar-refractivity contribution in [2.24, 2.45) is 29.6 Å². The Balaban J connectivity index is 0.000000490. The van der Waals surface area contributed by atoms with Gasteiger partial charge in [-0.05, 0) is 51.9 Å². The van der Waals surface area contributed by atoms with Crippen LogP contribution in [0.15, 0.2) is 25.3 Å². The Morgan fingerprint density at radius 2 is 0.898 bits per heavy atom. The third-order valence-corrected chi connectivity index (χ3v) is 7.54. The van der Waals surface area contributed by atoms with Gasteiger partial charge in [0.2, 0.25) is 13.6 Å². The van der Waals surface area contributed by atoms with Crippen molar-refractivity contribution >= 4 is 35.8 Å². The van der Waals surface area contributed by atoms with Gasteiger partial charge in [-0.3, -0.25) is 19.2 Å². The van der Waals surface area contributed by atoms with Gasteiger partial charge >= 0.3 is 35.8 Å². The molecule has 0 saturated heterocycles. The van der Waals surface area contributed by atoms with Crippen molar-refractivity contribution in [1.29, 1.82) is 0 Å². The lowest BCUT2D eigenvalue weighted by Crippen LogP contribution is -2.37. The highest BCUT2D eigenvalue weighted by Gasteiger charge is 2.40. The third-order valence-electron chi connectivity index (χ3n) is 7.54. The summed E-state index contributed by atoms with van der Waals surface area (Å²) in [5.74, 6) is -5.70. The van der Waals surface area contributed by atoms with Crippen molar-refractivity contribution < 1.29 is 76.1 Å². The van der Waals surface area contributed by atoms with Gasteiger partial charge in [0.05, 0.1) is 23.7 Å². The van der Waals surface area contributed by atoms with E-state index in [-0.39, 0.29) is 33.1 Å². The average molecular weight is 703 g/mol. The molecular weight excluding hydrogens is 652 g/mol. The molecule has 0 bridgehead atoms. The molecule has 0 radical (unpaired) electrons. The van der Waals surface area contributed by atoms with Crippen LogP contribution in [0.1, 0.15) is 65.7 Å². The van der Waals surface area contributed by atoms with E-state index in [1.807, 2.05) is 20.8 Å². The fraction of sp³-hybridized carbons (Fsp3) is 0.697. The van der Waals surface area contributed by atoms with Crippen molar-refractivity contribution in [2.45, 2.75) is 65.7 Å². The molecule has 0 aromatic rings. The van der Waals surface area contributed by atoms with Crippen LogP contribution in [0.3, 0.4) is 0 Å². The quantitative estimate of drug-likeness (QED) is 0.0589. The summed E-state index contributed by atoms with van der Waals surface area (Å²) in [5.41, 5.74) is 0. The zero-order valence-corrected chi connectivity index (χ0v) is 28.6. The van der Waals surface area contributed by atoms with Gasteiger partial charge in [-0.15, -0.1) is 0 Å². The van der Waals surface area contributed by atoms with E-state index >= 15 is 0 Å². The standard InChI is InChI=1S/C17H26O8.C16H24O8/c1-4-15(18)23-11-25-17(20)14-8-12(3)6-7-13(14)16(19)24-10-22-9-21-5-2;1-3-14(17)22-11-24-16(19)13-8-6-5-7-12(13)15(18)23-10-21-9-20-4-2/h4,12-14H,1,5-11H2,2-3H3;3,12-13H,1,4-11H2,2H3. The second-order valence-electron chi connectivity index (χ2n) is 10.9. The van der Waals surface area contributed by atoms with Gasteiger partial charge in [0, 0.05) is 25.4 Å². The highest BCUT2D eigenvalue weighted by Crippen LogP contribution is 2.35. The Hall–Kier alpha value is -3.86. The summed E-state index contributed by atoms with van der Waals surface area (Å²) in [4.78, 5) is 70.6. The first-order valence-electron chi connectivity index (χ1n) is 16.1. The lowest BCUT2D eigenvalue weighted by atomic mass is 9.74. The molecule has 0 heterocycles. The molecule has 16 nitrogen and oxygen atoms in total. The Labute approximate surface area is 286 Å². The molecule has 2 aliphatic carbocycles. The van der Waals surface area contributed by atoms with E-state index in [0.717, 1.165) is 31.4 Å². The SMILES string of the molecule is C=CC(=O)OCOC(=O)C1CC(C)CCC1C(=O)OCOCOCC.C=CC(=O)OCOC(=O)C1CCCCC1C(=O)OCOCOCC. The molecule has 0 aromatic heterocycles. The van der Waals surface area contributed by atoms with Crippen molar-refractivity contribution in [3.8, 4) is 0 Å². The van der Waals surface area contributed by atoms with E-state index in [0.29, 0.717) is 38.9 Å². The van der Waals surface area contributed by atoms with Crippen LogP contribution < -0.4 is 0 Å². The first-order chi connectivity index (χ1) is 23.6. The molecule has 2 rings (SSSR count). The van der Waals surface area contributed by atoms with Gasteiger partial charge in [0.25, 0.3) is 0 Å². The molecule has 16 heteroatoms. The van der Waals surface area contributed by atoms with Crippen LogP contribution in [0.2, 0.25) is 0 Å². The molecule has 0 N–H and O–H groups in total. The van der Waals surface area contributed by atoms with Crippen molar-refractivity contribution in [1.82, 2.24) is 0 Å². The summed E-state index contributed by atoms with van der Waals surface area (Å²) in [5, 5.41) is 0. The Kier molecular flexibility index (Phi) is 23.0. The van der Waals surface area contributed by atoms with Crippen LogP contribution >= 0.6 is 0 Å². The molecule has 2 fully saturated rings. The fourth-order valence-electron chi connectivity index (χ4n) is 5.01. The van der Waals surface area contributed by atoms with Crippen molar-refractivity contribution in [3.05, 3.63) is 25.3 Å². The Bertz CT molecular complexity index is 1060. The molecule has 0 amide bonds. The van der Waals surface area contributed by atoms with Gasteiger partial charge in [-0.25, -0.2) is 9.59 Å². The second kappa shape index (κ2) is 26.1. The van der Waals surface area contributed by atoms with Gasteiger partial charge in [-0.1, -0.05) is 32.9 Å². The predicted octanol–water partition coefficient (Wildman–Crippen LogP) is 3.31. The minimum absolute atomic E-state index is 0.0334. The van der Waals surface area contributed by atoms with Gasteiger partial charge in [-0.2, -0.15) is 0 Å². The zero-order chi connectivity index (χ0) is 36.4. The number of hydrogen-bond donors (Lipinski definition) is 0. The Morgan fingerprint density at radius 1 is 0.510 bits per heavy atom. The number of ether oxygens (including phenoxy) is 10. The zero-order valence-electron chi connectivity index (χ0n) is 28.6. The Morgan fingerprint density at radius 3 is 1.31 bits per heavy atom. The van der Waals surface area contributed by atoms with E-state index in [2.05, 4.69) is 22.6 Å². The van der Waals surface area contributed by atoms with Crippen molar-refractivity contribution in [2.75, 3.05) is 54.0 Å². The molecule has 5 atom stereocenters. The van der Waals surface area contributed by atoms with E-state index in [9.17, 15) is 28.8 Å². The molecule has 2 aliphatic rings. The number of rotatable bonds is 20. The largest absolute Gasteiger partial charge is 0.438 e. The van der Waals surface area contributed by atoms with Gasteiger partial charge in [0.1, 0.15) is 0 Å². The summed E-state index contributed by atoms with van der Waals surface area (Å²) in [6.45, 7) is 11.7. The fourth-order valence-corrected chi connectivity index (χ4v) is 5.01. The highest BCUT2D eigenvalue weighted by molar-refractivity contribution is 5.84. The second-order valence-corrected chi connectivity index (χ2v) is 10.9. The number of carbonyl (C=O) groups excluding carboxylic acids is 6. The van der Waals surface area contributed by atoms with Crippen LogP contribution in [0.5, 0.6) is 0 Å². The predicted molar refractivity (Wildman–Crippen MR) is 167 cm³/mol. The molecular formula is C33H50O16. The summed E-state index contributed by atoms with van der Waals surface area (Å²) in [6.07, 6.45) is 6.49. The maximum Gasteiger partial charge on any atom is 0.333 e. The number of hydrogen-bond acceptors (Lipinski definition) is 16. The average Bonchev–Trinajstić information content (AvgIpc) is 3.11. The van der Waals surface area contributed by atoms with Gasteiger partial charge in [0.15, 0.2) is 27.2 Å². The minimum atomic E-state index is -0.688. The first-order valence-corrected chi connectivity index (χ1v) is 16.1. The van der Waals surface area contributed by atoms with Crippen LogP contribution in [-0.4, -0.2) is 89.8 Å². The molecule has 0 aliphatic heterocycles. The molecule has 0 aromatic carbocycles. The molecule has 5 unspecified atom stereocenters. The van der Waals surface area contributed by atoms with Crippen LogP contribution in [0, 0.1) is 29.6 Å². The summed E-state index contributed by atoms with van der Waals surface area (Å²) in [6, 6.07) is 0. The topological polar surface area (TPSA) is 195 Å². The van der Waals surface area contributed by atoms with E-state index in [1.54, 1.807) is 0 Å². The summed E-state index contributed by atoms with van der Waals surface area (Å²) in [7, 11) is 0. The molecule has 49 heavy (non-hydrogen) atoms. The smallest absolute Gasteiger partial charge is 0.333 e. The highest BCUT2D eigenvalue weighted by atomic mass is 16.8. The molecule has 2 saturated carbocycles. The number of carbonyl (C=O) groups is 6. The maximum absolute atomic E-state index is 12.2. The van der Waals surface area contributed by atoms with Crippen molar-refractivity contribution in [3.63, 3.8) is 0 Å². The maximum atomic E-state index is 12.2.